The second kappa shape index (κ2) is 7.21. The van der Waals surface area contributed by atoms with Crippen molar-refractivity contribution in [1.29, 1.82) is 0 Å². The number of anilines is 2. The molecule has 2 heterocycles. The van der Waals surface area contributed by atoms with E-state index in [1.54, 1.807) is 6.07 Å². The number of imide groups is 1. The summed E-state index contributed by atoms with van der Waals surface area (Å²) in [6.45, 7) is 3.29. The Hall–Kier alpha value is -2.18. The highest BCUT2D eigenvalue weighted by atomic mass is 79.9. The van der Waals surface area contributed by atoms with Crippen LogP contribution < -0.4 is 9.80 Å². The van der Waals surface area contributed by atoms with Crippen LogP contribution in [0.1, 0.15) is 6.42 Å². The molecule has 2 saturated heterocycles. The number of carbonyl (C=O) groups excluding carboxylic acids is 2. The van der Waals surface area contributed by atoms with Crippen molar-refractivity contribution in [2.24, 2.45) is 0 Å². The van der Waals surface area contributed by atoms with E-state index in [2.05, 4.69) is 37.9 Å². The van der Waals surface area contributed by atoms with Gasteiger partial charge in [0.1, 0.15) is 0 Å². The molecule has 0 radical (unpaired) electrons. The maximum absolute atomic E-state index is 12.9. The van der Waals surface area contributed by atoms with Crippen LogP contribution in [0.15, 0.2) is 59.1 Å². The minimum Gasteiger partial charge on any atom is -0.369 e. The fourth-order valence-electron chi connectivity index (χ4n) is 3.72. The van der Waals surface area contributed by atoms with E-state index < -0.39 is 0 Å². The number of nitrogens with zero attached hydrogens (tertiary/aromatic N) is 3. The van der Waals surface area contributed by atoms with E-state index in [4.69, 9.17) is 0 Å². The Labute approximate surface area is 161 Å². The number of halogens is 1. The Balaban J connectivity index is 1.45. The van der Waals surface area contributed by atoms with Crippen LogP contribution >= 0.6 is 15.9 Å². The maximum atomic E-state index is 12.9. The van der Waals surface area contributed by atoms with Crippen LogP contribution in [0.2, 0.25) is 0 Å². The minimum absolute atomic E-state index is 0.110. The van der Waals surface area contributed by atoms with E-state index in [0.29, 0.717) is 5.69 Å². The fourth-order valence-corrected chi connectivity index (χ4v) is 4.11. The summed E-state index contributed by atoms with van der Waals surface area (Å²) in [7, 11) is 0. The molecule has 6 heteroatoms. The van der Waals surface area contributed by atoms with Gasteiger partial charge in [-0.15, -0.1) is 0 Å². The zero-order valence-corrected chi connectivity index (χ0v) is 15.9. The van der Waals surface area contributed by atoms with E-state index >= 15 is 0 Å². The van der Waals surface area contributed by atoms with Gasteiger partial charge in [0.05, 0.1) is 18.2 Å². The molecule has 2 fully saturated rings. The third-order valence-electron chi connectivity index (χ3n) is 5.07. The maximum Gasteiger partial charge on any atom is 0.251 e. The lowest BCUT2D eigenvalue weighted by Gasteiger charge is -2.38. The first-order valence-electron chi connectivity index (χ1n) is 8.80. The molecule has 0 unspecified atom stereocenters. The van der Waals surface area contributed by atoms with Gasteiger partial charge in [-0.3, -0.25) is 14.5 Å². The number of piperazine rings is 1. The van der Waals surface area contributed by atoms with Crippen molar-refractivity contribution >= 4 is 39.1 Å². The molecule has 0 N–H and O–H groups in total. The molecule has 26 heavy (non-hydrogen) atoms. The van der Waals surface area contributed by atoms with Crippen molar-refractivity contribution in [2.75, 3.05) is 36.0 Å². The normalized spacial score (nSPS) is 21.5. The van der Waals surface area contributed by atoms with Gasteiger partial charge in [0.2, 0.25) is 5.91 Å². The van der Waals surface area contributed by atoms with Crippen molar-refractivity contribution in [3.8, 4) is 0 Å². The predicted molar refractivity (Wildman–Crippen MR) is 105 cm³/mol. The lowest BCUT2D eigenvalue weighted by molar-refractivity contribution is -0.123. The summed E-state index contributed by atoms with van der Waals surface area (Å²) in [5, 5.41) is 0. The average Bonchev–Trinajstić information content (AvgIpc) is 2.97. The van der Waals surface area contributed by atoms with Crippen LogP contribution in [-0.4, -0.2) is 48.9 Å². The third kappa shape index (κ3) is 3.27. The molecular weight excluding hydrogens is 394 g/mol. The number of benzene rings is 2. The quantitative estimate of drug-likeness (QED) is 0.725. The number of hydrogen-bond acceptors (Lipinski definition) is 4. The van der Waals surface area contributed by atoms with Gasteiger partial charge in [-0.2, -0.15) is 0 Å². The summed E-state index contributed by atoms with van der Waals surface area (Å²) >= 11 is 3.40. The second-order valence-electron chi connectivity index (χ2n) is 6.63. The third-order valence-corrected chi connectivity index (χ3v) is 5.56. The molecule has 1 atom stereocenters. The first-order chi connectivity index (χ1) is 12.6. The average molecular weight is 414 g/mol. The van der Waals surface area contributed by atoms with E-state index in [-0.39, 0.29) is 24.3 Å². The van der Waals surface area contributed by atoms with Crippen molar-refractivity contribution in [3.63, 3.8) is 0 Å². The molecule has 2 aliphatic heterocycles. The van der Waals surface area contributed by atoms with Gasteiger partial charge in [0, 0.05) is 36.3 Å². The molecule has 5 nitrogen and oxygen atoms in total. The number of carbonyl (C=O) groups is 2. The van der Waals surface area contributed by atoms with Crippen molar-refractivity contribution in [3.05, 3.63) is 59.1 Å². The zero-order chi connectivity index (χ0) is 18.1. The van der Waals surface area contributed by atoms with E-state index in [9.17, 15) is 9.59 Å². The summed E-state index contributed by atoms with van der Waals surface area (Å²) < 4.78 is 0.857. The minimum atomic E-state index is -0.348. The highest BCUT2D eigenvalue weighted by Crippen LogP contribution is 2.28. The summed E-state index contributed by atoms with van der Waals surface area (Å²) in [5.41, 5.74) is 1.84. The molecule has 0 spiro atoms. The Kier molecular flexibility index (Phi) is 4.78. The number of para-hydroxylation sites is 1. The van der Waals surface area contributed by atoms with Crippen LogP contribution in [0, 0.1) is 0 Å². The number of hydrogen-bond donors (Lipinski definition) is 0. The van der Waals surface area contributed by atoms with Crippen LogP contribution in [0.25, 0.3) is 0 Å². The molecule has 0 aliphatic carbocycles. The molecule has 2 aromatic rings. The Morgan fingerprint density at radius 1 is 0.846 bits per heavy atom. The molecule has 2 amide bonds. The number of rotatable bonds is 3. The lowest BCUT2D eigenvalue weighted by Crippen LogP contribution is -2.52. The molecule has 2 aromatic carbocycles. The smallest absolute Gasteiger partial charge is 0.251 e. The summed E-state index contributed by atoms with van der Waals surface area (Å²) in [6, 6.07) is 17.3. The molecule has 4 rings (SSSR count). The molecular formula is C20H20BrN3O2. The molecule has 0 aromatic heterocycles. The Bertz CT molecular complexity index is 819. The first kappa shape index (κ1) is 17.2. The van der Waals surface area contributed by atoms with Crippen LogP contribution in [0.4, 0.5) is 11.4 Å². The lowest BCUT2D eigenvalue weighted by atomic mass is 10.1. The standard InChI is InChI=1S/C20H20BrN3O2/c21-15-5-4-8-17(13-15)24-19(25)14-18(20(24)26)23-11-9-22(10-12-23)16-6-2-1-3-7-16/h1-8,13,18H,9-12,14H2/t18-/m0/s1. The molecule has 0 saturated carbocycles. The highest BCUT2D eigenvalue weighted by Gasteiger charge is 2.43. The Morgan fingerprint density at radius 3 is 2.23 bits per heavy atom. The summed E-state index contributed by atoms with van der Waals surface area (Å²) in [4.78, 5) is 31.2. The van der Waals surface area contributed by atoms with Crippen LogP contribution in [-0.2, 0) is 9.59 Å². The summed E-state index contributed by atoms with van der Waals surface area (Å²) in [5.74, 6) is -0.232. The SMILES string of the molecule is O=C1C[C@H](N2CCN(c3ccccc3)CC2)C(=O)N1c1cccc(Br)c1. The van der Waals surface area contributed by atoms with E-state index in [1.807, 2.05) is 36.4 Å². The van der Waals surface area contributed by atoms with E-state index in [0.717, 1.165) is 30.7 Å². The van der Waals surface area contributed by atoms with Crippen LogP contribution in [0.5, 0.6) is 0 Å². The van der Waals surface area contributed by atoms with Gasteiger partial charge in [0.25, 0.3) is 5.91 Å². The van der Waals surface area contributed by atoms with Gasteiger partial charge < -0.3 is 4.90 Å². The van der Waals surface area contributed by atoms with E-state index in [1.165, 1.54) is 10.6 Å². The molecule has 0 bridgehead atoms. The monoisotopic (exact) mass is 413 g/mol. The zero-order valence-electron chi connectivity index (χ0n) is 14.3. The Morgan fingerprint density at radius 2 is 1.54 bits per heavy atom. The van der Waals surface area contributed by atoms with Gasteiger partial charge in [0.15, 0.2) is 0 Å². The topological polar surface area (TPSA) is 43.9 Å². The number of amides is 2. The molecule has 2 aliphatic rings. The second-order valence-corrected chi connectivity index (χ2v) is 7.54. The molecule has 134 valence electrons. The van der Waals surface area contributed by atoms with Gasteiger partial charge in [-0.05, 0) is 30.3 Å². The first-order valence-corrected chi connectivity index (χ1v) is 9.59. The van der Waals surface area contributed by atoms with Gasteiger partial charge in [-0.25, -0.2) is 4.90 Å². The fraction of sp³-hybridized carbons (Fsp3) is 0.300. The van der Waals surface area contributed by atoms with Crippen molar-refractivity contribution in [2.45, 2.75) is 12.5 Å². The van der Waals surface area contributed by atoms with Crippen molar-refractivity contribution in [1.82, 2.24) is 4.90 Å². The van der Waals surface area contributed by atoms with Crippen molar-refractivity contribution < 1.29 is 9.59 Å². The highest BCUT2D eigenvalue weighted by molar-refractivity contribution is 9.10. The van der Waals surface area contributed by atoms with Gasteiger partial charge in [-0.1, -0.05) is 40.2 Å². The van der Waals surface area contributed by atoms with Gasteiger partial charge >= 0.3 is 0 Å². The summed E-state index contributed by atoms with van der Waals surface area (Å²) in [6.07, 6.45) is 0.261. The predicted octanol–water partition coefficient (Wildman–Crippen LogP) is 2.90. The largest absolute Gasteiger partial charge is 0.369 e. The van der Waals surface area contributed by atoms with Crippen LogP contribution in [0.3, 0.4) is 0 Å².